The molecule has 1 saturated carbocycles. The van der Waals surface area contributed by atoms with Gasteiger partial charge in [0, 0.05) is 6.61 Å². The van der Waals surface area contributed by atoms with E-state index in [-0.39, 0.29) is 0 Å². The summed E-state index contributed by atoms with van der Waals surface area (Å²) >= 11 is 0. The minimum atomic E-state index is 0.352. The lowest BCUT2D eigenvalue weighted by molar-refractivity contribution is 0.0761. The summed E-state index contributed by atoms with van der Waals surface area (Å²) in [6.07, 6.45) is 7.20. The van der Waals surface area contributed by atoms with E-state index in [4.69, 9.17) is 10.6 Å². The molecule has 92 valence electrons. The normalized spacial score (nSPS) is 28.1. The van der Waals surface area contributed by atoms with Crippen molar-refractivity contribution in [3.05, 3.63) is 0 Å². The average molecular weight is 226 g/mol. The molecule has 2 rings (SSSR count). The molecule has 2 aliphatic rings. The molecule has 1 aliphatic carbocycles. The highest BCUT2D eigenvalue weighted by molar-refractivity contribution is 5.79. The highest BCUT2D eigenvalue weighted by atomic mass is 16.5. The third kappa shape index (κ3) is 3.35. The smallest absolute Gasteiger partial charge is 0.206 e. The summed E-state index contributed by atoms with van der Waals surface area (Å²) in [5.74, 6) is 6.21. The van der Waals surface area contributed by atoms with Gasteiger partial charge in [-0.2, -0.15) is 0 Å². The highest BCUT2D eigenvalue weighted by Gasteiger charge is 2.17. The maximum Gasteiger partial charge on any atom is 0.206 e. The Morgan fingerprint density at radius 1 is 1.19 bits per heavy atom. The van der Waals surface area contributed by atoms with Crippen LogP contribution < -0.4 is 16.6 Å². The van der Waals surface area contributed by atoms with E-state index in [2.05, 4.69) is 15.7 Å². The van der Waals surface area contributed by atoms with Crippen molar-refractivity contribution in [2.75, 3.05) is 13.2 Å². The molecule has 1 atom stereocenters. The van der Waals surface area contributed by atoms with Gasteiger partial charge in [-0.3, -0.25) is 5.43 Å². The number of hydrogen-bond acceptors (Lipinski definition) is 3. The summed E-state index contributed by atoms with van der Waals surface area (Å²) in [5.41, 5.74) is 2.66. The van der Waals surface area contributed by atoms with Crippen LogP contribution in [0.25, 0.3) is 0 Å². The van der Waals surface area contributed by atoms with Crippen LogP contribution in [0.15, 0.2) is 4.99 Å². The number of hydrogen-bond donors (Lipinski definition) is 3. The van der Waals surface area contributed by atoms with Gasteiger partial charge in [0.15, 0.2) is 0 Å². The summed E-state index contributed by atoms with van der Waals surface area (Å²) in [6, 6.07) is 0.799. The van der Waals surface area contributed by atoms with E-state index in [1.54, 1.807) is 0 Å². The van der Waals surface area contributed by atoms with Gasteiger partial charge in [0.2, 0.25) is 5.96 Å². The van der Waals surface area contributed by atoms with Crippen molar-refractivity contribution >= 4 is 5.96 Å². The molecule has 0 amide bonds. The van der Waals surface area contributed by atoms with Gasteiger partial charge in [0.1, 0.15) is 0 Å². The fourth-order valence-electron chi connectivity index (χ4n) is 2.38. The van der Waals surface area contributed by atoms with Crippen LogP contribution in [0, 0.1) is 0 Å². The maximum atomic E-state index is 5.48. The predicted molar refractivity (Wildman–Crippen MR) is 64.0 cm³/mol. The predicted octanol–water partition coefficient (Wildman–Crippen LogP) is 0.517. The van der Waals surface area contributed by atoms with Crippen molar-refractivity contribution in [1.82, 2.24) is 10.7 Å². The molecular weight excluding hydrogens is 204 g/mol. The number of nitrogens with zero attached hydrogens (tertiary/aromatic N) is 1. The van der Waals surface area contributed by atoms with Gasteiger partial charge >= 0.3 is 0 Å². The second-order valence-corrected chi connectivity index (χ2v) is 4.62. The molecule has 1 heterocycles. The standard InChI is InChI=1S/C11H22N4O/c12-15-11(13-9-4-1-2-5-9)14-10-6-3-7-16-8-10/h9-10H,1-8,12H2,(H2,13,14,15). The van der Waals surface area contributed by atoms with Crippen LogP contribution in [0.5, 0.6) is 0 Å². The van der Waals surface area contributed by atoms with E-state index in [1.807, 2.05) is 0 Å². The highest BCUT2D eigenvalue weighted by Crippen LogP contribution is 2.20. The minimum absolute atomic E-state index is 0.352. The molecule has 0 aromatic rings. The molecule has 1 unspecified atom stereocenters. The fourth-order valence-corrected chi connectivity index (χ4v) is 2.38. The number of guanidine groups is 1. The summed E-state index contributed by atoms with van der Waals surface area (Å²) in [5, 5.41) is 3.32. The van der Waals surface area contributed by atoms with Gasteiger partial charge < -0.3 is 10.1 Å². The Morgan fingerprint density at radius 3 is 2.62 bits per heavy atom. The zero-order valence-corrected chi connectivity index (χ0v) is 9.74. The Morgan fingerprint density at radius 2 is 2.00 bits per heavy atom. The van der Waals surface area contributed by atoms with Gasteiger partial charge in [-0.15, -0.1) is 0 Å². The Bertz CT molecular complexity index is 232. The van der Waals surface area contributed by atoms with E-state index < -0.39 is 0 Å². The molecule has 2 fully saturated rings. The lowest BCUT2D eigenvalue weighted by atomic mass is 10.1. The zero-order valence-electron chi connectivity index (χ0n) is 9.74. The van der Waals surface area contributed by atoms with Gasteiger partial charge in [-0.1, -0.05) is 12.8 Å². The molecule has 0 bridgehead atoms. The van der Waals surface area contributed by atoms with E-state index in [9.17, 15) is 0 Å². The molecule has 1 aliphatic heterocycles. The molecule has 5 nitrogen and oxygen atoms in total. The lowest BCUT2D eigenvalue weighted by Gasteiger charge is -2.24. The molecule has 5 heteroatoms. The van der Waals surface area contributed by atoms with Gasteiger partial charge in [0.25, 0.3) is 0 Å². The summed E-state index contributed by atoms with van der Waals surface area (Å²) < 4.78 is 5.41. The average Bonchev–Trinajstić information content (AvgIpc) is 2.82. The molecular formula is C11H22N4O. The number of aliphatic imine (C=N–C) groups is 1. The maximum absolute atomic E-state index is 5.48. The Labute approximate surface area is 96.8 Å². The number of ether oxygens (including phenoxy) is 1. The van der Waals surface area contributed by atoms with Crippen molar-refractivity contribution in [3.8, 4) is 0 Å². The summed E-state index contributed by atoms with van der Waals surface area (Å²) in [6.45, 7) is 1.63. The topological polar surface area (TPSA) is 71.7 Å². The minimum Gasteiger partial charge on any atom is -0.379 e. The second kappa shape index (κ2) is 6.06. The lowest BCUT2D eigenvalue weighted by Crippen LogP contribution is -2.49. The van der Waals surface area contributed by atoms with Crippen LogP contribution in [-0.4, -0.2) is 31.3 Å². The van der Waals surface area contributed by atoms with Crippen LogP contribution in [0.1, 0.15) is 38.5 Å². The first-order chi connectivity index (χ1) is 7.88. The van der Waals surface area contributed by atoms with E-state index in [0.717, 1.165) is 32.0 Å². The SMILES string of the molecule is NNC(=NC1CCCC1)NC1CCCOC1. The van der Waals surface area contributed by atoms with E-state index >= 15 is 0 Å². The van der Waals surface area contributed by atoms with Crippen LogP contribution in [0.4, 0.5) is 0 Å². The van der Waals surface area contributed by atoms with Crippen molar-refractivity contribution in [2.24, 2.45) is 10.8 Å². The molecule has 0 aromatic carbocycles. The number of nitrogens with two attached hydrogens (primary N) is 1. The molecule has 0 radical (unpaired) electrons. The summed E-state index contributed by atoms with van der Waals surface area (Å²) in [7, 11) is 0. The Balaban J connectivity index is 1.83. The third-order valence-electron chi connectivity index (χ3n) is 3.27. The fraction of sp³-hybridized carbons (Fsp3) is 0.909. The van der Waals surface area contributed by atoms with Gasteiger partial charge in [-0.25, -0.2) is 10.8 Å². The zero-order chi connectivity index (χ0) is 11.2. The number of nitrogens with one attached hydrogen (secondary N) is 2. The molecule has 0 aromatic heterocycles. The van der Waals surface area contributed by atoms with Crippen LogP contribution in [0.3, 0.4) is 0 Å². The third-order valence-corrected chi connectivity index (χ3v) is 3.27. The van der Waals surface area contributed by atoms with Crippen molar-refractivity contribution < 1.29 is 4.74 Å². The molecule has 0 spiro atoms. The first-order valence-electron chi connectivity index (χ1n) is 6.27. The van der Waals surface area contributed by atoms with E-state index in [0.29, 0.717) is 12.1 Å². The second-order valence-electron chi connectivity index (χ2n) is 4.62. The Kier molecular flexibility index (Phi) is 4.42. The quantitative estimate of drug-likeness (QED) is 0.278. The van der Waals surface area contributed by atoms with Crippen LogP contribution in [0.2, 0.25) is 0 Å². The number of hydrazine groups is 1. The summed E-state index contributed by atoms with van der Waals surface area (Å²) in [4.78, 5) is 4.60. The Hall–Kier alpha value is -0.810. The first kappa shape index (κ1) is 11.7. The molecule has 4 N–H and O–H groups in total. The molecule has 16 heavy (non-hydrogen) atoms. The van der Waals surface area contributed by atoms with Crippen molar-refractivity contribution in [3.63, 3.8) is 0 Å². The first-order valence-corrected chi connectivity index (χ1v) is 6.27. The van der Waals surface area contributed by atoms with Crippen molar-refractivity contribution in [1.29, 1.82) is 0 Å². The number of rotatable bonds is 2. The van der Waals surface area contributed by atoms with Gasteiger partial charge in [0.05, 0.1) is 18.7 Å². The van der Waals surface area contributed by atoms with Crippen LogP contribution in [-0.2, 0) is 4.74 Å². The largest absolute Gasteiger partial charge is 0.379 e. The monoisotopic (exact) mass is 226 g/mol. The van der Waals surface area contributed by atoms with Crippen molar-refractivity contribution in [2.45, 2.75) is 50.6 Å². The van der Waals surface area contributed by atoms with Crippen LogP contribution >= 0.6 is 0 Å². The van der Waals surface area contributed by atoms with E-state index in [1.165, 1.54) is 25.7 Å². The van der Waals surface area contributed by atoms with Gasteiger partial charge in [-0.05, 0) is 25.7 Å². The molecule has 1 saturated heterocycles.